The number of nitrogens with two attached hydrogens (primary N) is 1. The van der Waals surface area contributed by atoms with Gasteiger partial charge >= 0.3 is 0 Å². The molecule has 0 amide bonds. The SMILES string of the molecule is CCCCCCCCCC(NN)C(C)C(C)C. The molecule has 2 unspecified atom stereocenters. The lowest BCUT2D eigenvalue weighted by Gasteiger charge is -2.26. The van der Waals surface area contributed by atoms with E-state index in [0.29, 0.717) is 17.9 Å². The highest BCUT2D eigenvalue weighted by Crippen LogP contribution is 2.19. The lowest BCUT2D eigenvalue weighted by Crippen LogP contribution is -2.41. The number of nitrogens with one attached hydrogen (secondary N) is 1. The molecule has 0 aromatic carbocycles. The van der Waals surface area contributed by atoms with Crippen molar-refractivity contribution in [3.63, 3.8) is 0 Å². The zero-order chi connectivity index (χ0) is 13.1. The molecule has 0 radical (unpaired) electrons. The Kier molecular flexibility index (Phi) is 11.0. The Morgan fingerprint density at radius 2 is 1.41 bits per heavy atom. The average Bonchev–Trinajstić information content (AvgIpc) is 2.32. The number of hydrogen-bond donors (Lipinski definition) is 2. The number of unbranched alkanes of at least 4 members (excludes halogenated alkanes) is 6. The van der Waals surface area contributed by atoms with Gasteiger partial charge in [0.05, 0.1) is 0 Å². The molecule has 0 fully saturated rings. The van der Waals surface area contributed by atoms with Crippen LogP contribution in [0, 0.1) is 11.8 Å². The van der Waals surface area contributed by atoms with Gasteiger partial charge in [-0.1, -0.05) is 72.6 Å². The summed E-state index contributed by atoms with van der Waals surface area (Å²) in [7, 11) is 0. The number of rotatable bonds is 11. The first-order valence-corrected chi connectivity index (χ1v) is 7.59. The second-order valence-corrected chi connectivity index (χ2v) is 5.79. The Balaban J connectivity index is 3.50. The molecule has 0 rings (SSSR count). The van der Waals surface area contributed by atoms with Crippen LogP contribution < -0.4 is 11.3 Å². The van der Waals surface area contributed by atoms with E-state index in [4.69, 9.17) is 5.84 Å². The molecule has 17 heavy (non-hydrogen) atoms. The van der Waals surface area contributed by atoms with Gasteiger partial charge in [-0.15, -0.1) is 0 Å². The van der Waals surface area contributed by atoms with E-state index >= 15 is 0 Å². The van der Waals surface area contributed by atoms with Crippen LogP contribution in [0.4, 0.5) is 0 Å². The van der Waals surface area contributed by atoms with Crippen LogP contribution in [-0.2, 0) is 0 Å². The first kappa shape index (κ1) is 16.9. The van der Waals surface area contributed by atoms with E-state index in [-0.39, 0.29) is 0 Å². The maximum atomic E-state index is 5.64. The lowest BCUT2D eigenvalue weighted by atomic mass is 9.87. The topological polar surface area (TPSA) is 38.0 Å². The molecular formula is C15H34N2. The third-order valence-corrected chi connectivity index (χ3v) is 4.02. The highest BCUT2D eigenvalue weighted by molar-refractivity contribution is 4.73. The van der Waals surface area contributed by atoms with Crippen LogP contribution in [0.15, 0.2) is 0 Å². The third-order valence-electron chi connectivity index (χ3n) is 4.02. The van der Waals surface area contributed by atoms with Crippen molar-refractivity contribution < 1.29 is 0 Å². The van der Waals surface area contributed by atoms with Crippen molar-refractivity contribution in [2.75, 3.05) is 0 Å². The minimum Gasteiger partial charge on any atom is -0.271 e. The second kappa shape index (κ2) is 11.0. The maximum absolute atomic E-state index is 5.64. The lowest BCUT2D eigenvalue weighted by molar-refractivity contribution is 0.281. The fourth-order valence-corrected chi connectivity index (χ4v) is 2.28. The van der Waals surface area contributed by atoms with E-state index in [1.165, 1.54) is 51.4 Å². The van der Waals surface area contributed by atoms with Gasteiger partial charge in [0.25, 0.3) is 0 Å². The van der Waals surface area contributed by atoms with Gasteiger partial charge in [-0.25, -0.2) is 0 Å². The summed E-state index contributed by atoms with van der Waals surface area (Å²) in [4.78, 5) is 0. The summed E-state index contributed by atoms with van der Waals surface area (Å²) in [6.45, 7) is 9.13. The molecule has 0 aliphatic heterocycles. The Hall–Kier alpha value is -0.0800. The van der Waals surface area contributed by atoms with Crippen molar-refractivity contribution in [2.24, 2.45) is 17.7 Å². The highest BCUT2D eigenvalue weighted by Gasteiger charge is 2.18. The van der Waals surface area contributed by atoms with Crippen molar-refractivity contribution in [3.8, 4) is 0 Å². The fraction of sp³-hybridized carbons (Fsp3) is 1.00. The summed E-state index contributed by atoms with van der Waals surface area (Å²) in [5.74, 6) is 7.02. The highest BCUT2D eigenvalue weighted by atomic mass is 15.2. The van der Waals surface area contributed by atoms with E-state index in [1.807, 2.05) is 0 Å². The van der Waals surface area contributed by atoms with E-state index in [0.717, 1.165) is 0 Å². The first-order valence-electron chi connectivity index (χ1n) is 7.59. The van der Waals surface area contributed by atoms with Gasteiger partial charge in [0.15, 0.2) is 0 Å². The molecule has 0 aromatic heterocycles. The molecule has 2 heteroatoms. The number of hydrogen-bond acceptors (Lipinski definition) is 2. The molecule has 0 heterocycles. The van der Waals surface area contributed by atoms with E-state index in [2.05, 4.69) is 33.1 Å². The molecule has 3 N–H and O–H groups in total. The van der Waals surface area contributed by atoms with Gasteiger partial charge in [-0.2, -0.15) is 0 Å². The maximum Gasteiger partial charge on any atom is 0.0238 e. The standard InChI is InChI=1S/C15H34N2/c1-5-6-7-8-9-10-11-12-15(17-16)14(4)13(2)3/h13-15,17H,5-12,16H2,1-4H3. The molecule has 0 saturated carbocycles. The fourth-order valence-electron chi connectivity index (χ4n) is 2.28. The molecule has 0 saturated heterocycles. The van der Waals surface area contributed by atoms with E-state index in [1.54, 1.807) is 0 Å². The first-order chi connectivity index (χ1) is 8.13. The van der Waals surface area contributed by atoms with Crippen LogP contribution in [0.1, 0.15) is 79.1 Å². The van der Waals surface area contributed by atoms with Crippen LogP contribution in [0.2, 0.25) is 0 Å². The van der Waals surface area contributed by atoms with Gasteiger partial charge in [0.2, 0.25) is 0 Å². The Morgan fingerprint density at radius 1 is 0.882 bits per heavy atom. The van der Waals surface area contributed by atoms with Gasteiger partial charge in [0, 0.05) is 6.04 Å². The van der Waals surface area contributed by atoms with Crippen molar-refractivity contribution in [1.29, 1.82) is 0 Å². The predicted octanol–water partition coefficient (Wildman–Crippen LogP) is 4.25. The number of hydrazine groups is 1. The molecule has 2 atom stereocenters. The van der Waals surface area contributed by atoms with Crippen molar-refractivity contribution in [2.45, 2.75) is 85.1 Å². The predicted molar refractivity (Wildman–Crippen MR) is 77.7 cm³/mol. The molecule has 2 nitrogen and oxygen atoms in total. The van der Waals surface area contributed by atoms with Gasteiger partial charge in [0.1, 0.15) is 0 Å². The minimum absolute atomic E-state index is 0.491. The molecule has 0 bridgehead atoms. The van der Waals surface area contributed by atoms with E-state index in [9.17, 15) is 0 Å². The van der Waals surface area contributed by atoms with Crippen LogP contribution in [0.3, 0.4) is 0 Å². The van der Waals surface area contributed by atoms with Gasteiger partial charge < -0.3 is 0 Å². The van der Waals surface area contributed by atoms with Crippen molar-refractivity contribution >= 4 is 0 Å². The molecule has 0 aliphatic rings. The molecule has 0 spiro atoms. The zero-order valence-corrected chi connectivity index (χ0v) is 12.5. The summed E-state index contributed by atoms with van der Waals surface area (Å²) in [6, 6.07) is 0.491. The summed E-state index contributed by atoms with van der Waals surface area (Å²) >= 11 is 0. The summed E-state index contributed by atoms with van der Waals surface area (Å²) in [5.41, 5.74) is 2.99. The largest absolute Gasteiger partial charge is 0.271 e. The smallest absolute Gasteiger partial charge is 0.0238 e. The Labute approximate surface area is 109 Å². The van der Waals surface area contributed by atoms with Crippen LogP contribution in [0.5, 0.6) is 0 Å². The minimum atomic E-state index is 0.491. The molecular weight excluding hydrogens is 208 g/mol. The quantitative estimate of drug-likeness (QED) is 0.323. The normalized spacial score (nSPS) is 15.2. The molecule has 0 aliphatic carbocycles. The van der Waals surface area contributed by atoms with Crippen LogP contribution in [-0.4, -0.2) is 6.04 Å². The van der Waals surface area contributed by atoms with Crippen molar-refractivity contribution in [1.82, 2.24) is 5.43 Å². The molecule has 104 valence electrons. The molecule has 0 aromatic rings. The summed E-state index contributed by atoms with van der Waals surface area (Å²) in [6.07, 6.45) is 10.9. The van der Waals surface area contributed by atoms with Crippen molar-refractivity contribution in [3.05, 3.63) is 0 Å². The zero-order valence-electron chi connectivity index (χ0n) is 12.5. The summed E-state index contributed by atoms with van der Waals surface area (Å²) < 4.78 is 0. The van der Waals surface area contributed by atoms with E-state index < -0.39 is 0 Å². The third kappa shape index (κ3) is 8.62. The van der Waals surface area contributed by atoms with Gasteiger partial charge in [-0.05, 0) is 18.3 Å². The van der Waals surface area contributed by atoms with Crippen LogP contribution in [0.25, 0.3) is 0 Å². The Bertz CT molecular complexity index is 157. The Morgan fingerprint density at radius 3 is 1.88 bits per heavy atom. The van der Waals surface area contributed by atoms with Crippen LogP contribution >= 0.6 is 0 Å². The van der Waals surface area contributed by atoms with Gasteiger partial charge in [-0.3, -0.25) is 11.3 Å². The monoisotopic (exact) mass is 242 g/mol. The summed E-state index contributed by atoms with van der Waals surface area (Å²) in [5, 5.41) is 0. The average molecular weight is 242 g/mol. The second-order valence-electron chi connectivity index (χ2n) is 5.79.